The van der Waals surface area contributed by atoms with Crippen LogP contribution in [0.3, 0.4) is 0 Å². The summed E-state index contributed by atoms with van der Waals surface area (Å²) in [5, 5.41) is 14.7. The van der Waals surface area contributed by atoms with Gasteiger partial charge in [-0.05, 0) is 23.8 Å². The predicted octanol–water partition coefficient (Wildman–Crippen LogP) is 5.12. The summed E-state index contributed by atoms with van der Waals surface area (Å²) in [4.78, 5) is 10.4. The summed E-state index contributed by atoms with van der Waals surface area (Å²) in [5.41, 5.74) is 4.21. The number of fused-ring (bicyclic) bond motifs is 2. The number of hydrogen-bond acceptors (Lipinski definition) is 6. The second-order valence-electron chi connectivity index (χ2n) is 6.41. The molecule has 0 amide bonds. The van der Waals surface area contributed by atoms with E-state index in [1.165, 1.54) is 0 Å². The molecule has 0 aliphatic heterocycles. The first kappa shape index (κ1) is 16.9. The molecule has 2 N–H and O–H groups in total. The third-order valence-electron chi connectivity index (χ3n) is 4.54. The van der Waals surface area contributed by atoms with Gasteiger partial charge >= 0.3 is 0 Å². The van der Waals surface area contributed by atoms with Crippen molar-refractivity contribution in [2.45, 2.75) is 6.61 Å². The number of ether oxygens (including phenoxy) is 1. The minimum absolute atomic E-state index is 0.365. The fourth-order valence-electron chi connectivity index (χ4n) is 3.26. The number of nitrogens with zero attached hydrogens (tertiary/aromatic N) is 3. The predicted molar refractivity (Wildman–Crippen MR) is 113 cm³/mol. The Balaban J connectivity index is 1.66. The lowest BCUT2D eigenvalue weighted by atomic mass is 10.1. The Morgan fingerprint density at radius 1 is 1.11 bits per heavy atom. The average Bonchev–Trinajstić information content (AvgIpc) is 3.35. The van der Waals surface area contributed by atoms with E-state index in [-0.39, 0.29) is 0 Å². The van der Waals surface area contributed by atoms with Crippen LogP contribution in [0.5, 0.6) is 0 Å². The number of nitrogens with one attached hydrogen (secondary N) is 2. The minimum atomic E-state index is 0.365. The lowest BCUT2D eigenvalue weighted by Crippen LogP contribution is -2.02. The molecule has 3 aromatic heterocycles. The molecule has 0 fully saturated rings. The van der Waals surface area contributed by atoms with E-state index in [0.29, 0.717) is 12.4 Å². The van der Waals surface area contributed by atoms with Crippen LogP contribution in [0.4, 0.5) is 11.5 Å². The van der Waals surface area contributed by atoms with Crippen LogP contribution in [-0.4, -0.2) is 27.3 Å². The Labute approximate surface area is 165 Å². The molecule has 28 heavy (non-hydrogen) atoms. The van der Waals surface area contributed by atoms with Crippen molar-refractivity contribution < 1.29 is 4.74 Å². The highest BCUT2D eigenvalue weighted by molar-refractivity contribution is 7.17. The topological polar surface area (TPSA) is 75.7 Å². The molecule has 138 valence electrons. The van der Waals surface area contributed by atoms with Gasteiger partial charge in [-0.1, -0.05) is 30.3 Å². The molecule has 0 aliphatic rings. The van der Waals surface area contributed by atoms with Crippen molar-refractivity contribution in [3.8, 4) is 11.1 Å². The van der Waals surface area contributed by atoms with Crippen LogP contribution in [0.25, 0.3) is 32.2 Å². The van der Waals surface area contributed by atoms with Crippen LogP contribution in [0.1, 0.15) is 5.82 Å². The number of H-pyrrole nitrogens is 1. The highest BCUT2D eigenvalue weighted by Gasteiger charge is 2.16. The summed E-state index contributed by atoms with van der Waals surface area (Å²) in [5.74, 6) is 1.43. The Bertz CT molecular complexity index is 1260. The van der Waals surface area contributed by atoms with Crippen molar-refractivity contribution in [2.75, 3.05) is 12.4 Å². The summed E-state index contributed by atoms with van der Waals surface area (Å²) in [6, 6.07) is 16.4. The van der Waals surface area contributed by atoms with Crippen molar-refractivity contribution in [3.63, 3.8) is 0 Å². The molecular weight excluding hydrogens is 370 g/mol. The van der Waals surface area contributed by atoms with Gasteiger partial charge in [-0.3, -0.25) is 5.10 Å². The largest absolute Gasteiger partial charge is 0.377 e. The van der Waals surface area contributed by atoms with Gasteiger partial charge in [-0.2, -0.15) is 5.10 Å². The number of aromatic amines is 1. The smallest absolute Gasteiger partial charge is 0.158 e. The van der Waals surface area contributed by atoms with Crippen molar-refractivity contribution in [2.24, 2.45) is 0 Å². The fraction of sp³-hybridized carbons (Fsp3) is 0.0952. The Kier molecular flexibility index (Phi) is 4.23. The van der Waals surface area contributed by atoms with Crippen molar-refractivity contribution >= 4 is 44.0 Å². The zero-order valence-corrected chi connectivity index (χ0v) is 16.0. The molecule has 0 saturated carbocycles. The SMILES string of the molecule is COCc1nc(Nc2ccc3[nH]ncc3c2)c2c(-c3ccccc3)csc2n1. The molecule has 0 aliphatic carbocycles. The van der Waals surface area contributed by atoms with E-state index in [9.17, 15) is 0 Å². The molecule has 0 radical (unpaired) electrons. The molecule has 0 atom stereocenters. The van der Waals surface area contributed by atoms with E-state index in [1.807, 2.05) is 36.5 Å². The molecule has 0 saturated heterocycles. The standard InChI is InChI=1S/C21H17N5OS/c1-27-11-18-24-20(23-15-7-8-17-14(9-15)10-22-26-17)19-16(12-28-21(19)25-18)13-5-3-2-4-6-13/h2-10,12H,11H2,1H3,(H,22,26)(H,23,24,25). The number of rotatable bonds is 5. The third-order valence-corrected chi connectivity index (χ3v) is 5.41. The van der Waals surface area contributed by atoms with Crippen molar-refractivity contribution in [1.82, 2.24) is 20.2 Å². The average molecular weight is 387 g/mol. The van der Waals surface area contributed by atoms with Crippen LogP contribution >= 0.6 is 11.3 Å². The molecule has 2 aromatic carbocycles. The molecule has 6 nitrogen and oxygen atoms in total. The van der Waals surface area contributed by atoms with E-state index in [2.05, 4.69) is 44.1 Å². The zero-order valence-electron chi connectivity index (χ0n) is 15.1. The molecular formula is C21H17N5OS. The molecule has 0 bridgehead atoms. The molecule has 3 heterocycles. The first-order valence-electron chi connectivity index (χ1n) is 8.84. The molecule has 5 aromatic rings. The number of benzene rings is 2. The number of anilines is 2. The van der Waals surface area contributed by atoms with Crippen molar-refractivity contribution in [1.29, 1.82) is 0 Å². The van der Waals surface area contributed by atoms with E-state index < -0.39 is 0 Å². The monoisotopic (exact) mass is 387 g/mol. The number of aromatic nitrogens is 4. The van der Waals surface area contributed by atoms with E-state index in [4.69, 9.17) is 9.72 Å². The Hall–Kier alpha value is -3.29. The normalized spacial score (nSPS) is 11.3. The van der Waals surface area contributed by atoms with Crippen LogP contribution in [0.15, 0.2) is 60.1 Å². The third kappa shape index (κ3) is 3.00. The van der Waals surface area contributed by atoms with Gasteiger partial charge in [0.05, 0.1) is 17.1 Å². The number of thiophene rings is 1. The maximum absolute atomic E-state index is 5.26. The van der Waals surface area contributed by atoms with Crippen molar-refractivity contribution in [3.05, 3.63) is 65.9 Å². The van der Waals surface area contributed by atoms with E-state index in [0.717, 1.165) is 43.8 Å². The quantitative estimate of drug-likeness (QED) is 0.437. The number of methoxy groups -OCH3 is 1. The maximum atomic E-state index is 5.26. The van der Waals surface area contributed by atoms with Gasteiger partial charge in [0.25, 0.3) is 0 Å². The van der Waals surface area contributed by atoms with Gasteiger partial charge in [0.15, 0.2) is 5.82 Å². The van der Waals surface area contributed by atoms with Crippen LogP contribution in [0, 0.1) is 0 Å². The van der Waals surface area contributed by atoms with Crippen LogP contribution in [-0.2, 0) is 11.3 Å². The highest BCUT2D eigenvalue weighted by atomic mass is 32.1. The lowest BCUT2D eigenvalue weighted by molar-refractivity contribution is 0.178. The highest BCUT2D eigenvalue weighted by Crippen LogP contribution is 2.38. The number of hydrogen-bond donors (Lipinski definition) is 2. The van der Waals surface area contributed by atoms with Gasteiger partial charge in [0, 0.05) is 29.1 Å². The van der Waals surface area contributed by atoms with E-state index >= 15 is 0 Å². The zero-order chi connectivity index (χ0) is 18.9. The summed E-state index contributed by atoms with van der Waals surface area (Å²) in [6.07, 6.45) is 1.81. The molecule has 7 heteroatoms. The minimum Gasteiger partial charge on any atom is -0.377 e. The molecule has 5 rings (SSSR count). The Morgan fingerprint density at radius 2 is 2.00 bits per heavy atom. The second-order valence-corrected chi connectivity index (χ2v) is 7.27. The van der Waals surface area contributed by atoms with E-state index in [1.54, 1.807) is 18.4 Å². The first-order valence-corrected chi connectivity index (χ1v) is 9.72. The van der Waals surface area contributed by atoms with Gasteiger partial charge in [-0.25, -0.2) is 9.97 Å². The van der Waals surface area contributed by atoms with Gasteiger partial charge < -0.3 is 10.1 Å². The second kappa shape index (κ2) is 7.03. The summed E-state index contributed by atoms with van der Waals surface area (Å²) >= 11 is 1.62. The van der Waals surface area contributed by atoms with Crippen LogP contribution in [0.2, 0.25) is 0 Å². The van der Waals surface area contributed by atoms with Gasteiger partial charge in [0.2, 0.25) is 0 Å². The first-order chi connectivity index (χ1) is 13.8. The van der Waals surface area contributed by atoms with Gasteiger partial charge in [0.1, 0.15) is 17.3 Å². The fourth-order valence-corrected chi connectivity index (χ4v) is 4.22. The Morgan fingerprint density at radius 3 is 2.86 bits per heavy atom. The van der Waals surface area contributed by atoms with Gasteiger partial charge in [-0.15, -0.1) is 11.3 Å². The summed E-state index contributed by atoms with van der Waals surface area (Å²) < 4.78 is 5.26. The summed E-state index contributed by atoms with van der Waals surface area (Å²) in [7, 11) is 1.65. The lowest BCUT2D eigenvalue weighted by Gasteiger charge is -2.11. The summed E-state index contributed by atoms with van der Waals surface area (Å²) in [6.45, 7) is 0.365. The van der Waals surface area contributed by atoms with Crippen LogP contribution < -0.4 is 5.32 Å². The maximum Gasteiger partial charge on any atom is 0.158 e. The molecule has 0 unspecified atom stereocenters. The molecule has 0 spiro atoms.